The number of aliphatic carboxylic acids is 1. The number of hydrogen-bond acceptors (Lipinski definition) is 5. The molecule has 9 nitrogen and oxygen atoms in total. The molecular weight excluding hydrogens is 421 g/mol. The maximum Gasteiger partial charge on any atom is 0.490 e. The van der Waals surface area contributed by atoms with E-state index in [1.165, 1.54) is 6.07 Å². The molecular formula is C19H17F3N4O5. The number of imidazole rings is 1. The second-order valence-corrected chi connectivity index (χ2v) is 6.15. The molecule has 31 heavy (non-hydrogen) atoms. The van der Waals surface area contributed by atoms with Crippen molar-refractivity contribution in [2.75, 3.05) is 5.32 Å². The van der Waals surface area contributed by atoms with Gasteiger partial charge in [-0.05, 0) is 38.1 Å². The molecule has 0 aliphatic carbocycles. The molecule has 3 rings (SSSR count). The molecule has 2 aromatic heterocycles. The van der Waals surface area contributed by atoms with Crippen LogP contribution in [0.1, 0.15) is 32.3 Å². The van der Waals surface area contributed by atoms with Gasteiger partial charge in [0.05, 0.1) is 17.6 Å². The molecule has 0 aliphatic rings. The fourth-order valence-electron chi connectivity index (χ4n) is 2.24. The molecule has 1 aromatic carbocycles. The number of aryl methyl sites for hydroxylation is 1. The summed E-state index contributed by atoms with van der Waals surface area (Å²) in [4.78, 5) is 36.3. The fourth-order valence-corrected chi connectivity index (χ4v) is 2.24. The van der Waals surface area contributed by atoms with Gasteiger partial charge in [-0.1, -0.05) is 0 Å². The Morgan fingerprint density at radius 2 is 1.74 bits per heavy atom. The second kappa shape index (κ2) is 9.15. The lowest BCUT2D eigenvalue weighted by Crippen LogP contribution is -2.21. The van der Waals surface area contributed by atoms with Gasteiger partial charge in [0.1, 0.15) is 6.26 Å². The summed E-state index contributed by atoms with van der Waals surface area (Å²) in [5.74, 6) is -3.83. The molecule has 0 bridgehead atoms. The van der Waals surface area contributed by atoms with E-state index in [2.05, 4.69) is 10.3 Å². The highest BCUT2D eigenvalue weighted by atomic mass is 19.4. The average Bonchev–Trinajstić information content (AvgIpc) is 3.31. The number of anilines is 1. The zero-order chi connectivity index (χ0) is 23.3. The minimum absolute atomic E-state index is 0.0222. The Bertz CT molecular complexity index is 1100. The van der Waals surface area contributed by atoms with E-state index in [9.17, 15) is 22.8 Å². The molecule has 0 radical (unpaired) electrons. The van der Waals surface area contributed by atoms with Crippen molar-refractivity contribution < 1.29 is 37.1 Å². The maximum atomic E-state index is 12.1. The number of nitrogens with one attached hydrogen (secondary N) is 1. The van der Waals surface area contributed by atoms with Gasteiger partial charge in [0.15, 0.2) is 5.76 Å². The summed E-state index contributed by atoms with van der Waals surface area (Å²) in [6.45, 7) is 3.94. The third kappa shape index (κ3) is 5.95. The highest BCUT2D eigenvalue weighted by Crippen LogP contribution is 2.18. The van der Waals surface area contributed by atoms with Gasteiger partial charge in [0, 0.05) is 23.1 Å². The molecule has 0 unspecified atom stereocenters. The van der Waals surface area contributed by atoms with Crippen LogP contribution in [0.5, 0.6) is 0 Å². The number of rotatable bonds is 4. The quantitative estimate of drug-likeness (QED) is 0.572. The molecule has 0 fully saturated rings. The number of hydrogen-bond donors (Lipinski definition) is 3. The van der Waals surface area contributed by atoms with E-state index < -0.39 is 24.0 Å². The van der Waals surface area contributed by atoms with Gasteiger partial charge in [-0.15, -0.1) is 0 Å². The standard InChI is InChI=1S/C17H16N4O3.C2HF3O2/c1-10-11(2)21(9-19-10)14-5-3-13(4-6-14)20-17(23)15-7-12(8-24-15)16(18)22;3-2(4,5)1(6)7/h3-9H,1-2H3,(H2,18,22)(H,20,23);(H,6,7). The number of alkyl halides is 3. The highest BCUT2D eigenvalue weighted by molar-refractivity contribution is 6.04. The molecule has 0 spiro atoms. The van der Waals surface area contributed by atoms with Crippen LogP contribution >= 0.6 is 0 Å². The van der Waals surface area contributed by atoms with E-state index in [1.54, 1.807) is 18.5 Å². The van der Waals surface area contributed by atoms with Crippen molar-refractivity contribution in [2.24, 2.45) is 5.73 Å². The first kappa shape index (κ1) is 23.2. The van der Waals surface area contributed by atoms with Crippen LogP contribution in [0.25, 0.3) is 5.69 Å². The van der Waals surface area contributed by atoms with Crippen molar-refractivity contribution in [1.82, 2.24) is 9.55 Å². The molecule has 2 amide bonds. The Morgan fingerprint density at radius 3 is 2.16 bits per heavy atom. The number of furan rings is 1. The monoisotopic (exact) mass is 438 g/mol. The van der Waals surface area contributed by atoms with Crippen LogP contribution in [0.15, 0.2) is 47.3 Å². The SMILES string of the molecule is Cc1ncn(-c2ccc(NC(=O)c3cc(C(N)=O)co3)cc2)c1C.O=C(O)C(F)(F)F. The lowest BCUT2D eigenvalue weighted by molar-refractivity contribution is -0.192. The van der Waals surface area contributed by atoms with Crippen molar-refractivity contribution in [3.05, 3.63) is 65.6 Å². The van der Waals surface area contributed by atoms with Crippen molar-refractivity contribution in [3.8, 4) is 5.69 Å². The highest BCUT2D eigenvalue weighted by Gasteiger charge is 2.38. The van der Waals surface area contributed by atoms with Gasteiger partial charge in [-0.25, -0.2) is 9.78 Å². The first-order valence-electron chi connectivity index (χ1n) is 8.51. The summed E-state index contributed by atoms with van der Waals surface area (Å²) < 4.78 is 38.7. The molecule has 0 saturated heterocycles. The Morgan fingerprint density at radius 1 is 1.16 bits per heavy atom. The Balaban J connectivity index is 0.000000423. The van der Waals surface area contributed by atoms with E-state index in [-0.39, 0.29) is 11.3 Å². The van der Waals surface area contributed by atoms with Crippen molar-refractivity contribution in [2.45, 2.75) is 20.0 Å². The summed E-state index contributed by atoms with van der Waals surface area (Å²) >= 11 is 0. The predicted molar refractivity (Wildman–Crippen MR) is 102 cm³/mol. The number of amides is 2. The summed E-state index contributed by atoms with van der Waals surface area (Å²) in [5.41, 5.74) is 8.86. The van der Waals surface area contributed by atoms with Crippen molar-refractivity contribution in [1.29, 1.82) is 0 Å². The Kier molecular flexibility index (Phi) is 6.85. The number of primary amides is 1. The molecule has 164 valence electrons. The summed E-state index contributed by atoms with van der Waals surface area (Å²) in [6.07, 6.45) is -2.17. The second-order valence-electron chi connectivity index (χ2n) is 6.15. The van der Waals surface area contributed by atoms with E-state index in [0.717, 1.165) is 23.3 Å². The van der Waals surface area contributed by atoms with Crippen LogP contribution in [-0.4, -0.2) is 38.6 Å². The summed E-state index contributed by atoms with van der Waals surface area (Å²) in [7, 11) is 0. The third-order valence-corrected chi connectivity index (χ3v) is 4.01. The van der Waals surface area contributed by atoms with Gasteiger partial charge in [0.2, 0.25) is 0 Å². The zero-order valence-electron chi connectivity index (χ0n) is 16.2. The Labute approximate surface area is 173 Å². The number of carboxylic acids is 1. The fraction of sp³-hybridized carbons (Fsp3) is 0.158. The van der Waals surface area contributed by atoms with Crippen molar-refractivity contribution >= 4 is 23.5 Å². The van der Waals surface area contributed by atoms with E-state index in [1.807, 2.05) is 30.5 Å². The van der Waals surface area contributed by atoms with Crippen molar-refractivity contribution in [3.63, 3.8) is 0 Å². The number of carboxylic acid groups (broad SMARTS) is 1. The van der Waals surface area contributed by atoms with E-state index >= 15 is 0 Å². The van der Waals surface area contributed by atoms with Crippen LogP contribution in [-0.2, 0) is 4.79 Å². The predicted octanol–water partition coefficient (Wildman–Crippen LogP) is 3.07. The van der Waals surface area contributed by atoms with Gasteiger partial charge in [-0.3, -0.25) is 9.59 Å². The van der Waals surface area contributed by atoms with E-state index in [0.29, 0.717) is 5.69 Å². The largest absolute Gasteiger partial charge is 0.490 e. The van der Waals surface area contributed by atoms with Gasteiger partial charge in [-0.2, -0.15) is 13.2 Å². The number of carbonyl (C=O) groups excluding carboxylic acids is 2. The van der Waals surface area contributed by atoms with Crippen LogP contribution in [0, 0.1) is 13.8 Å². The Hall–Kier alpha value is -4.09. The van der Waals surface area contributed by atoms with E-state index in [4.69, 9.17) is 20.1 Å². The molecule has 0 aliphatic heterocycles. The topological polar surface area (TPSA) is 140 Å². The maximum absolute atomic E-state index is 12.1. The van der Waals surface area contributed by atoms with Crippen LogP contribution in [0.3, 0.4) is 0 Å². The number of benzene rings is 1. The third-order valence-electron chi connectivity index (χ3n) is 4.01. The normalized spacial score (nSPS) is 10.7. The van der Waals surface area contributed by atoms with Crippen LogP contribution in [0.4, 0.5) is 18.9 Å². The minimum atomic E-state index is -5.08. The minimum Gasteiger partial charge on any atom is -0.475 e. The lowest BCUT2D eigenvalue weighted by Gasteiger charge is -2.07. The molecule has 0 atom stereocenters. The summed E-state index contributed by atoms with van der Waals surface area (Å²) in [5, 5.41) is 9.82. The smallest absolute Gasteiger partial charge is 0.475 e. The molecule has 3 aromatic rings. The number of halogens is 3. The number of aromatic nitrogens is 2. The first-order valence-corrected chi connectivity index (χ1v) is 8.51. The van der Waals surface area contributed by atoms with Gasteiger partial charge in [0.25, 0.3) is 11.8 Å². The lowest BCUT2D eigenvalue weighted by atomic mass is 10.2. The molecule has 4 N–H and O–H groups in total. The molecule has 12 heteroatoms. The first-order chi connectivity index (χ1) is 14.4. The summed E-state index contributed by atoms with van der Waals surface area (Å²) in [6, 6.07) is 8.62. The van der Waals surface area contributed by atoms with Gasteiger partial charge < -0.3 is 25.1 Å². The zero-order valence-corrected chi connectivity index (χ0v) is 16.2. The molecule has 2 heterocycles. The number of carbonyl (C=O) groups is 3. The number of nitrogens with two attached hydrogens (primary N) is 1. The molecule has 0 saturated carbocycles. The number of nitrogens with zero attached hydrogens (tertiary/aromatic N) is 2. The average molecular weight is 438 g/mol. The van der Waals surface area contributed by atoms with Crippen LogP contribution in [0.2, 0.25) is 0 Å². The van der Waals surface area contributed by atoms with Crippen LogP contribution < -0.4 is 11.1 Å². The van der Waals surface area contributed by atoms with Gasteiger partial charge >= 0.3 is 12.1 Å².